The second-order valence-corrected chi connectivity index (χ2v) is 17.0. The summed E-state index contributed by atoms with van der Waals surface area (Å²) in [6.07, 6.45) is 6.42. The van der Waals surface area contributed by atoms with Crippen molar-refractivity contribution in [3.8, 4) is 55.6 Å². The Kier molecular flexibility index (Phi) is 10.4. The first-order valence-corrected chi connectivity index (χ1v) is 22.6. The fourth-order valence-electron chi connectivity index (χ4n) is 10.3. The van der Waals surface area contributed by atoms with Gasteiger partial charge < -0.3 is 4.90 Å². The molecule has 63 heavy (non-hydrogen) atoms. The molecule has 11 rings (SSSR count). The molecule has 1 saturated carbocycles. The van der Waals surface area contributed by atoms with Gasteiger partial charge in [0.2, 0.25) is 0 Å². The van der Waals surface area contributed by atoms with Gasteiger partial charge in [0.15, 0.2) is 0 Å². The lowest BCUT2D eigenvalue weighted by atomic mass is 9.80. The fourth-order valence-corrected chi connectivity index (χ4v) is 10.3. The summed E-state index contributed by atoms with van der Waals surface area (Å²) in [5.74, 6) is 0.560. The standard InChI is InChI=1S/C62H49N/c1-5-21-44(22-6-1)50-41-42-51(45-23-7-2-8-24-45)60(43-50)63(58-39-15-13-33-54(58)56-37-19-31-48-29-17-35-52(61(48)56)46-25-9-3-10-26-46)59-40-16-14-34-55(59)57-38-20-32-49-30-18-36-53(62(49)57)47-27-11-4-12-28-47/h1-3,5-10,13-26,29-43,47H,4,11-12,27-28H2. The number of fused-ring (bicyclic) bond motifs is 2. The van der Waals surface area contributed by atoms with Crippen molar-refractivity contribution < 1.29 is 0 Å². The monoisotopic (exact) mass is 807 g/mol. The lowest BCUT2D eigenvalue weighted by Gasteiger charge is -2.33. The molecular formula is C62H49N. The maximum absolute atomic E-state index is 2.57. The summed E-state index contributed by atoms with van der Waals surface area (Å²) in [4.78, 5) is 2.57. The highest BCUT2D eigenvalue weighted by Gasteiger charge is 2.26. The van der Waals surface area contributed by atoms with Gasteiger partial charge >= 0.3 is 0 Å². The summed E-state index contributed by atoms with van der Waals surface area (Å²) in [5, 5.41) is 5.16. The highest BCUT2D eigenvalue weighted by molar-refractivity contribution is 6.10. The highest BCUT2D eigenvalue weighted by Crippen LogP contribution is 2.51. The summed E-state index contributed by atoms with van der Waals surface area (Å²) in [7, 11) is 0. The fraction of sp³-hybridized carbons (Fsp3) is 0.0968. The van der Waals surface area contributed by atoms with E-state index in [1.54, 1.807) is 0 Å². The SMILES string of the molecule is c1ccc(-c2ccc(-c3ccccc3)c(N(c3ccccc3-c3cccc4cccc(-c5ccccc5)c34)c3ccccc3-c3cccc4cccc(C5CCCCC5)c34)c2)cc1. The predicted molar refractivity (Wildman–Crippen MR) is 269 cm³/mol. The van der Waals surface area contributed by atoms with E-state index in [-0.39, 0.29) is 0 Å². The summed E-state index contributed by atoms with van der Waals surface area (Å²) in [6.45, 7) is 0. The maximum atomic E-state index is 2.57. The van der Waals surface area contributed by atoms with E-state index in [9.17, 15) is 0 Å². The minimum Gasteiger partial charge on any atom is -0.309 e. The minimum atomic E-state index is 0.560. The van der Waals surface area contributed by atoms with Crippen LogP contribution in [0.4, 0.5) is 17.1 Å². The number of hydrogen-bond acceptors (Lipinski definition) is 1. The zero-order chi connectivity index (χ0) is 42.0. The van der Waals surface area contributed by atoms with E-state index in [0.717, 1.165) is 17.1 Å². The molecule has 10 aromatic rings. The number of nitrogens with zero attached hydrogens (tertiary/aromatic N) is 1. The third-order valence-corrected chi connectivity index (χ3v) is 13.3. The zero-order valence-corrected chi connectivity index (χ0v) is 35.5. The lowest BCUT2D eigenvalue weighted by Crippen LogP contribution is -2.14. The van der Waals surface area contributed by atoms with Gasteiger partial charge in [-0.3, -0.25) is 0 Å². The quantitative estimate of drug-likeness (QED) is 0.140. The van der Waals surface area contributed by atoms with Gasteiger partial charge in [0.05, 0.1) is 17.1 Å². The average molecular weight is 808 g/mol. The van der Waals surface area contributed by atoms with E-state index in [2.05, 4.69) is 235 Å². The Bertz CT molecular complexity index is 3190. The second-order valence-electron chi connectivity index (χ2n) is 17.0. The highest BCUT2D eigenvalue weighted by atomic mass is 15.1. The van der Waals surface area contributed by atoms with Crippen molar-refractivity contribution in [1.29, 1.82) is 0 Å². The van der Waals surface area contributed by atoms with Crippen LogP contribution in [0.2, 0.25) is 0 Å². The molecule has 0 amide bonds. The van der Waals surface area contributed by atoms with Gasteiger partial charge in [-0.15, -0.1) is 0 Å². The topological polar surface area (TPSA) is 3.24 Å². The van der Waals surface area contributed by atoms with Crippen LogP contribution < -0.4 is 4.90 Å². The van der Waals surface area contributed by atoms with Gasteiger partial charge in [-0.25, -0.2) is 0 Å². The zero-order valence-electron chi connectivity index (χ0n) is 35.5. The molecular weight excluding hydrogens is 759 g/mol. The lowest BCUT2D eigenvalue weighted by molar-refractivity contribution is 0.445. The molecule has 0 radical (unpaired) electrons. The van der Waals surface area contributed by atoms with Crippen LogP contribution in [0.1, 0.15) is 43.6 Å². The molecule has 0 bridgehead atoms. The minimum absolute atomic E-state index is 0.560. The van der Waals surface area contributed by atoms with E-state index in [0.29, 0.717) is 5.92 Å². The number of hydrogen-bond donors (Lipinski definition) is 0. The van der Waals surface area contributed by atoms with Crippen molar-refractivity contribution in [3.05, 3.63) is 236 Å². The van der Waals surface area contributed by atoms with Crippen molar-refractivity contribution >= 4 is 38.6 Å². The molecule has 0 atom stereocenters. The molecule has 302 valence electrons. The third kappa shape index (κ3) is 7.30. The van der Waals surface area contributed by atoms with Crippen molar-refractivity contribution in [2.24, 2.45) is 0 Å². The largest absolute Gasteiger partial charge is 0.309 e. The Morgan fingerprint density at radius 1 is 0.286 bits per heavy atom. The molecule has 0 aliphatic heterocycles. The van der Waals surface area contributed by atoms with Crippen molar-refractivity contribution in [2.75, 3.05) is 4.90 Å². The molecule has 1 heteroatoms. The van der Waals surface area contributed by atoms with Gasteiger partial charge in [-0.05, 0) is 103 Å². The first kappa shape index (κ1) is 38.4. The average Bonchev–Trinajstić information content (AvgIpc) is 3.37. The molecule has 0 aromatic heterocycles. The molecule has 0 spiro atoms. The summed E-state index contributed by atoms with van der Waals surface area (Å²) >= 11 is 0. The van der Waals surface area contributed by atoms with Crippen LogP contribution in [0, 0.1) is 0 Å². The van der Waals surface area contributed by atoms with E-state index in [4.69, 9.17) is 0 Å². The number of rotatable bonds is 9. The van der Waals surface area contributed by atoms with Gasteiger partial charge in [-0.2, -0.15) is 0 Å². The first-order chi connectivity index (χ1) is 31.3. The van der Waals surface area contributed by atoms with Gasteiger partial charge in [0.25, 0.3) is 0 Å². The number of para-hydroxylation sites is 2. The number of benzene rings is 10. The van der Waals surface area contributed by atoms with Crippen LogP contribution >= 0.6 is 0 Å². The number of anilines is 3. The maximum Gasteiger partial charge on any atom is 0.0546 e. The van der Waals surface area contributed by atoms with Gasteiger partial charge in [0.1, 0.15) is 0 Å². The molecule has 10 aromatic carbocycles. The molecule has 0 unspecified atom stereocenters. The molecule has 1 nitrogen and oxygen atoms in total. The summed E-state index contributed by atoms with van der Waals surface area (Å²) in [5.41, 5.74) is 16.9. The first-order valence-electron chi connectivity index (χ1n) is 22.6. The molecule has 0 heterocycles. The van der Waals surface area contributed by atoms with E-state index >= 15 is 0 Å². The summed E-state index contributed by atoms with van der Waals surface area (Å²) in [6, 6.07) is 85.2. The van der Waals surface area contributed by atoms with Crippen LogP contribution in [-0.4, -0.2) is 0 Å². The molecule has 1 aliphatic carbocycles. The van der Waals surface area contributed by atoms with Gasteiger partial charge in [-0.1, -0.05) is 232 Å². The molecule has 1 fully saturated rings. The smallest absolute Gasteiger partial charge is 0.0546 e. The Morgan fingerprint density at radius 2 is 0.746 bits per heavy atom. The van der Waals surface area contributed by atoms with E-state index in [1.165, 1.54) is 115 Å². The van der Waals surface area contributed by atoms with Crippen molar-refractivity contribution in [3.63, 3.8) is 0 Å². The normalized spacial score (nSPS) is 13.0. The molecule has 0 saturated heterocycles. The van der Waals surface area contributed by atoms with E-state index < -0.39 is 0 Å². The Labute approximate surface area is 371 Å². The van der Waals surface area contributed by atoms with Crippen molar-refractivity contribution in [2.45, 2.75) is 38.0 Å². The Balaban J connectivity index is 1.23. The van der Waals surface area contributed by atoms with Crippen LogP contribution in [0.15, 0.2) is 231 Å². The van der Waals surface area contributed by atoms with Crippen LogP contribution in [0.3, 0.4) is 0 Å². The van der Waals surface area contributed by atoms with Crippen LogP contribution in [0.5, 0.6) is 0 Å². The third-order valence-electron chi connectivity index (χ3n) is 13.3. The van der Waals surface area contributed by atoms with Gasteiger partial charge in [0, 0.05) is 16.7 Å². The molecule has 1 aliphatic rings. The predicted octanol–water partition coefficient (Wildman–Crippen LogP) is 17.8. The summed E-state index contributed by atoms with van der Waals surface area (Å²) < 4.78 is 0. The van der Waals surface area contributed by atoms with Crippen LogP contribution in [-0.2, 0) is 0 Å². The van der Waals surface area contributed by atoms with E-state index in [1.807, 2.05) is 0 Å². The van der Waals surface area contributed by atoms with Crippen LogP contribution in [0.25, 0.3) is 77.2 Å². The molecule has 0 N–H and O–H groups in total. The van der Waals surface area contributed by atoms with Crippen molar-refractivity contribution in [1.82, 2.24) is 0 Å². The second kappa shape index (κ2) is 17.1. The Morgan fingerprint density at radius 3 is 1.35 bits per heavy atom. The Hall–Kier alpha value is -7.48.